The molecule has 0 aromatic carbocycles. The van der Waals surface area contributed by atoms with Gasteiger partial charge in [-0.1, -0.05) is 6.07 Å². The van der Waals surface area contributed by atoms with E-state index in [1.807, 2.05) is 17.5 Å². The molecule has 2 aliphatic heterocycles. The van der Waals surface area contributed by atoms with Gasteiger partial charge in [-0.25, -0.2) is 13.1 Å². The molecule has 1 atom stereocenters. The van der Waals surface area contributed by atoms with Gasteiger partial charge in [0.1, 0.15) is 5.69 Å². The van der Waals surface area contributed by atoms with Gasteiger partial charge >= 0.3 is 0 Å². The van der Waals surface area contributed by atoms with Crippen LogP contribution in [0.4, 0.5) is 0 Å². The van der Waals surface area contributed by atoms with Crippen molar-refractivity contribution in [3.05, 3.63) is 40.0 Å². The van der Waals surface area contributed by atoms with Crippen LogP contribution in [0.3, 0.4) is 0 Å². The normalized spacial score (nSPS) is 24.1. The summed E-state index contributed by atoms with van der Waals surface area (Å²) in [6.45, 7) is 3.76. The topological polar surface area (TPSA) is 75.5 Å². The van der Waals surface area contributed by atoms with Gasteiger partial charge in [0.15, 0.2) is 9.84 Å². The van der Waals surface area contributed by atoms with Gasteiger partial charge in [-0.2, -0.15) is 5.10 Å². The van der Waals surface area contributed by atoms with Gasteiger partial charge in [0.05, 0.1) is 23.1 Å². The molecule has 0 aliphatic carbocycles. The third kappa shape index (κ3) is 3.90. The second kappa shape index (κ2) is 7.22. The van der Waals surface area contributed by atoms with Crippen LogP contribution >= 0.6 is 11.3 Å². The van der Waals surface area contributed by atoms with Crippen molar-refractivity contribution in [1.82, 2.24) is 19.6 Å². The summed E-state index contributed by atoms with van der Waals surface area (Å²) in [5.41, 5.74) is 0.712. The average molecular weight is 395 g/mol. The molecule has 0 amide bonds. The number of nitrogens with zero attached hydrogens (tertiary/aromatic N) is 4. The standard InChI is InChI=1S/C17H22N4O3S2/c22-17-4-3-15(16-2-1-10-25-16)18-21(17)13-19-6-8-20(9-7-19)14-5-11-26(23,24)12-14/h1-4,10,14H,5-9,11-13H2. The predicted molar refractivity (Wildman–Crippen MR) is 102 cm³/mol. The summed E-state index contributed by atoms with van der Waals surface area (Å²) in [4.78, 5) is 17.7. The second-order valence-corrected chi connectivity index (χ2v) is 10.1. The van der Waals surface area contributed by atoms with Crippen molar-refractivity contribution in [3.8, 4) is 10.6 Å². The molecule has 9 heteroatoms. The first-order valence-corrected chi connectivity index (χ1v) is 11.5. The van der Waals surface area contributed by atoms with E-state index in [4.69, 9.17) is 0 Å². The van der Waals surface area contributed by atoms with Crippen LogP contribution in [0.15, 0.2) is 34.4 Å². The molecule has 2 aliphatic rings. The third-order valence-corrected chi connectivity index (χ3v) is 7.75. The van der Waals surface area contributed by atoms with Crippen molar-refractivity contribution < 1.29 is 8.42 Å². The van der Waals surface area contributed by atoms with Gasteiger partial charge < -0.3 is 0 Å². The fourth-order valence-electron chi connectivity index (χ4n) is 3.63. The zero-order chi connectivity index (χ0) is 18.1. The second-order valence-electron chi connectivity index (χ2n) is 6.89. The smallest absolute Gasteiger partial charge is 0.268 e. The molecular formula is C17H22N4O3S2. The van der Waals surface area contributed by atoms with E-state index in [1.54, 1.807) is 23.5 Å². The number of hydrogen-bond donors (Lipinski definition) is 0. The zero-order valence-electron chi connectivity index (χ0n) is 14.5. The Balaban J connectivity index is 1.39. The summed E-state index contributed by atoms with van der Waals surface area (Å²) in [6, 6.07) is 7.46. The molecule has 2 aromatic heterocycles. The summed E-state index contributed by atoms with van der Waals surface area (Å²) in [7, 11) is -2.85. The quantitative estimate of drug-likeness (QED) is 0.761. The highest BCUT2D eigenvalue weighted by molar-refractivity contribution is 7.91. The minimum absolute atomic E-state index is 0.102. The van der Waals surface area contributed by atoms with Crippen LogP contribution in [-0.4, -0.2) is 71.7 Å². The van der Waals surface area contributed by atoms with E-state index in [0.717, 1.165) is 43.2 Å². The summed E-state index contributed by atoms with van der Waals surface area (Å²) in [5.74, 6) is 0.601. The van der Waals surface area contributed by atoms with Gasteiger partial charge in [-0.15, -0.1) is 11.3 Å². The highest BCUT2D eigenvalue weighted by Gasteiger charge is 2.33. The molecule has 1 unspecified atom stereocenters. The molecule has 0 bridgehead atoms. The van der Waals surface area contributed by atoms with Crippen LogP contribution < -0.4 is 5.56 Å². The van der Waals surface area contributed by atoms with E-state index < -0.39 is 9.84 Å². The highest BCUT2D eigenvalue weighted by atomic mass is 32.2. The fraction of sp³-hybridized carbons (Fsp3) is 0.529. The van der Waals surface area contributed by atoms with E-state index in [9.17, 15) is 13.2 Å². The Morgan fingerprint density at radius 1 is 1.15 bits per heavy atom. The molecule has 0 saturated carbocycles. The van der Waals surface area contributed by atoms with Crippen molar-refractivity contribution in [1.29, 1.82) is 0 Å². The summed E-state index contributed by atoms with van der Waals surface area (Å²) in [5, 5.41) is 6.50. The lowest BCUT2D eigenvalue weighted by atomic mass is 10.2. The molecule has 4 rings (SSSR count). The van der Waals surface area contributed by atoms with Gasteiger partial charge in [0.25, 0.3) is 5.56 Å². The Morgan fingerprint density at radius 3 is 2.62 bits per heavy atom. The molecule has 2 fully saturated rings. The van der Waals surface area contributed by atoms with E-state index in [0.29, 0.717) is 12.4 Å². The number of hydrogen-bond acceptors (Lipinski definition) is 7. The monoisotopic (exact) mass is 394 g/mol. The maximum atomic E-state index is 12.2. The summed E-state index contributed by atoms with van der Waals surface area (Å²) in [6.07, 6.45) is 0.742. The van der Waals surface area contributed by atoms with Crippen LogP contribution in [0.5, 0.6) is 0 Å². The zero-order valence-corrected chi connectivity index (χ0v) is 16.1. The molecule has 26 heavy (non-hydrogen) atoms. The van der Waals surface area contributed by atoms with Crippen molar-refractivity contribution >= 4 is 21.2 Å². The van der Waals surface area contributed by atoms with Gasteiger partial charge in [0, 0.05) is 38.3 Å². The molecule has 140 valence electrons. The molecule has 2 saturated heterocycles. The first-order valence-electron chi connectivity index (χ1n) is 8.79. The highest BCUT2D eigenvalue weighted by Crippen LogP contribution is 2.21. The van der Waals surface area contributed by atoms with Crippen LogP contribution in [0.2, 0.25) is 0 Å². The lowest BCUT2D eigenvalue weighted by molar-refractivity contribution is 0.0800. The lowest BCUT2D eigenvalue weighted by Crippen LogP contribution is -2.51. The van der Waals surface area contributed by atoms with E-state index in [2.05, 4.69) is 14.9 Å². The van der Waals surface area contributed by atoms with Crippen molar-refractivity contribution in [3.63, 3.8) is 0 Å². The largest absolute Gasteiger partial charge is 0.297 e. The van der Waals surface area contributed by atoms with Crippen LogP contribution in [-0.2, 0) is 16.5 Å². The minimum atomic E-state index is -2.85. The van der Waals surface area contributed by atoms with Gasteiger partial charge in [-0.05, 0) is 23.9 Å². The maximum absolute atomic E-state index is 12.2. The Hall–Kier alpha value is -1.55. The molecule has 0 radical (unpaired) electrons. The van der Waals surface area contributed by atoms with Crippen molar-refractivity contribution in [2.75, 3.05) is 37.7 Å². The number of thiophene rings is 1. The van der Waals surface area contributed by atoms with Gasteiger partial charge in [-0.3, -0.25) is 14.6 Å². The number of piperazine rings is 1. The fourth-order valence-corrected chi connectivity index (χ4v) is 6.08. The van der Waals surface area contributed by atoms with Crippen LogP contribution in [0.1, 0.15) is 6.42 Å². The van der Waals surface area contributed by atoms with Gasteiger partial charge in [0.2, 0.25) is 0 Å². The molecule has 7 nitrogen and oxygen atoms in total. The summed E-state index contributed by atoms with van der Waals surface area (Å²) >= 11 is 1.60. The Labute approximate surface area is 156 Å². The Bertz CT molecular complexity index is 916. The first kappa shape index (κ1) is 17.8. The van der Waals surface area contributed by atoms with Crippen molar-refractivity contribution in [2.24, 2.45) is 0 Å². The van der Waals surface area contributed by atoms with E-state index in [1.165, 1.54) is 4.68 Å². The molecule has 4 heterocycles. The lowest BCUT2D eigenvalue weighted by Gasteiger charge is -2.37. The number of rotatable bonds is 4. The Kier molecular flexibility index (Phi) is 4.96. The van der Waals surface area contributed by atoms with Crippen LogP contribution in [0.25, 0.3) is 10.6 Å². The molecular weight excluding hydrogens is 372 g/mol. The maximum Gasteiger partial charge on any atom is 0.268 e. The van der Waals surface area contributed by atoms with Crippen molar-refractivity contribution in [2.45, 2.75) is 19.1 Å². The minimum Gasteiger partial charge on any atom is -0.297 e. The van der Waals surface area contributed by atoms with Crippen LogP contribution in [0, 0.1) is 0 Å². The molecule has 0 N–H and O–H groups in total. The average Bonchev–Trinajstić information content (AvgIpc) is 3.27. The van der Waals surface area contributed by atoms with E-state index >= 15 is 0 Å². The molecule has 0 spiro atoms. The number of sulfone groups is 1. The first-order chi connectivity index (χ1) is 12.5. The predicted octanol–water partition coefficient (Wildman–Crippen LogP) is 0.734. The third-order valence-electron chi connectivity index (χ3n) is 5.11. The molecule has 2 aromatic rings. The summed E-state index contributed by atoms with van der Waals surface area (Å²) < 4.78 is 24.9. The van der Waals surface area contributed by atoms with E-state index in [-0.39, 0.29) is 17.4 Å². The number of aromatic nitrogens is 2. The Morgan fingerprint density at radius 2 is 1.96 bits per heavy atom. The SMILES string of the molecule is O=c1ccc(-c2cccs2)nn1CN1CCN(C2CCS(=O)(=O)C2)CC1.